The van der Waals surface area contributed by atoms with Gasteiger partial charge in [0.25, 0.3) is 0 Å². The average molecular weight is 303 g/mol. The lowest BCUT2D eigenvalue weighted by Crippen LogP contribution is -1.51. The van der Waals surface area contributed by atoms with Gasteiger partial charge >= 0.3 is 15.6 Å². The maximum atomic E-state index is 9.59. The summed E-state index contributed by atoms with van der Waals surface area (Å²) in [6.07, 6.45) is 1.90. The molecule has 0 fully saturated rings. The first kappa shape index (κ1) is 25.3. The SMILES string of the molecule is C=C(C)C.C=[S-](C)=S.C[P+](C)=O.C[P+](C)=O. The van der Waals surface area contributed by atoms with Crippen LogP contribution in [0.4, 0.5) is 0 Å². The molecule has 0 saturated carbocycles. The summed E-state index contributed by atoms with van der Waals surface area (Å²) in [5, 5.41) is 0. The molecule has 0 spiro atoms. The van der Waals surface area contributed by atoms with Gasteiger partial charge < -0.3 is 9.04 Å². The Balaban J connectivity index is -0.0000000600. The lowest BCUT2D eigenvalue weighted by atomic mass is 10.4. The molecule has 0 aromatic rings. The predicted octanol–water partition coefficient (Wildman–Crippen LogP) is 3.86. The summed E-state index contributed by atoms with van der Waals surface area (Å²) in [4.78, 5) is 0. The Morgan fingerprint density at radius 1 is 1.06 bits per heavy atom. The van der Waals surface area contributed by atoms with Crippen LogP contribution < -0.4 is 0 Å². The third-order valence-electron chi connectivity index (χ3n) is 0. The molecular formula is C10H25O2P2S2+. The van der Waals surface area contributed by atoms with E-state index >= 15 is 0 Å². The molecule has 0 aliphatic carbocycles. The molecular weight excluding hydrogens is 278 g/mol. The number of hydrogen-bond acceptors (Lipinski definition) is 4. The minimum absolute atomic E-state index is 0.0278. The van der Waals surface area contributed by atoms with Crippen molar-refractivity contribution in [3.63, 3.8) is 0 Å². The van der Waals surface area contributed by atoms with E-state index in [0.29, 0.717) is 0 Å². The maximum Gasteiger partial charge on any atom is 0.332 e. The van der Waals surface area contributed by atoms with E-state index in [9.17, 15) is 9.13 Å². The molecule has 0 bridgehead atoms. The first-order chi connectivity index (χ1) is 6.93. The van der Waals surface area contributed by atoms with E-state index in [2.05, 4.69) is 23.6 Å². The van der Waals surface area contributed by atoms with E-state index in [1.807, 2.05) is 20.1 Å². The molecule has 0 aliphatic rings. The molecule has 0 aromatic carbocycles. The highest BCUT2D eigenvalue weighted by Gasteiger charge is 1.80. The molecule has 0 radical (unpaired) electrons. The van der Waals surface area contributed by atoms with Gasteiger partial charge in [0.15, 0.2) is 0 Å². The van der Waals surface area contributed by atoms with Crippen molar-refractivity contribution in [3.8, 4) is 0 Å². The highest BCUT2D eigenvalue weighted by Crippen LogP contribution is 2.01. The van der Waals surface area contributed by atoms with Gasteiger partial charge in [-0.1, -0.05) is 14.7 Å². The molecule has 2 nitrogen and oxygen atoms in total. The number of rotatable bonds is 0. The van der Waals surface area contributed by atoms with Crippen molar-refractivity contribution in [2.45, 2.75) is 13.8 Å². The highest BCUT2D eigenvalue weighted by atomic mass is 32.8. The van der Waals surface area contributed by atoms with Crippen LogP contribution in [0.5, 0.6) is 0 Å². The highest BCUT2D eigenvalue weighted by molar-refractivity contribution is 8.26. The van der Waals surface area contributed by atoms with E-state index in [0.717, 1.165) is 0 Å². The Kier molecular flexibility index (Phi) is 32.8. The van der Waals surface area contributed by atoms with Crippen LogP contribution in [0.15, 0.2) is 12.2 Å². The van der Waals surface area contributed by atoms with Gasteiger partial charge in [0.1, 0.15) is 26.7 Å². The second-order valence-electron chi connectivity index (χ2n) is 3.41. The van der Waals surface area contributed by atoms with Crippen molar-refractivity contribution in [2.24, 2.45) is 0 Å². The van der Waals surface area contributed by atoms with Crippen molar-refractivity contribution in [1.29, 1.82) is 0 Å². The second kappa shape index (κ2) is 20.8. The zero-order valence-electron chi connectivity index (χ0n) is 11.4. The summed E-state index contributed by atoms with van der Waals surface area (Å²) in [7, 11) is -1.77. The maximum absolute atomic E-state index is 9.59. The van der Waals surface area contributed by atoms with Gasteiger partial charge in [-0.15, -0.1) is 12.8 Å². The van der Waals surface area contributed by atoms with Gasteiger partial charge in [-0.05, 0) is 13.8 Å². The monoisotopic (exact) mass is 303 g/mol. The Bertz CT molecular complexity index is 223. The quantitative estimate of drug-likeness (QED) is 0.295. The molecule has 0 saturated heterocycles. The van der Waals surface area contributed by atoms with E-state index in [1.54, 1.807) is 26.7 Å². The topological polar surface area (TPSA) is 34.1 Å². The van der Waals surface area contributed by atoms with Crippen LogP contribution in [0.1, 0.15) is 13.8 Å². The fourth-order valence-corrected chi connectivity index (χ4v) is 0. The van der Waals surface area contributed by atoms with Crippen LogP contribution in [0, 0.1) is 0 Å². The smallest absolute Gasteiger partial charge is 0.332 e. The van der Waals surface area contributed by atoms with Crippen LogP contribution in [-0.4, -0.2) is 38.8 Å². The minimum Gasteiger partial charge on any atom is -0.418 e. The van der Waals surface area contributed by atoms with Crippen LogP contribution in [-0.2, 0) is 29.4 Å². The minimum atomic E-state index is -0.870. The molecule has 0 amide bonds. The standard InChI is InChI=1S/C4H8.2C2H6OP.C2H5S2/c4*1-4(2)3/h1H2,2-3H3;2*1-2H3;1H2,2H3/q;2*+1;-1. The van der Waals surface area contributed by atoms with E-state index in [4.69, 9.17) is 0 Å². The van der Waals surface area contributed by atoms with Crippen molar-refractivity contribution in [1.82, 2.24) is 0 Å². The fourth-order valence-electron chi connectivity index (χ4n) is 0. The summed E-state index contributed by atoms with van der Waals surface area (Å²) < 4.78 is 19.2. The third-order valence-corrected chi connectivity index (χ3v) is 0. The molecule has 6 heteroatoms. The summed E-state index contributed by atoms with van der Waals surface area (Å²) in [5.41, 5.74) is 1.17. The van der Waals surface area contributed by atoms with Gasteiger partial charge in [0.05, 0.1) is 0 Å². The zero-order valence-corrected chi connectivity index (χ0v) is 14.9. The summed E-state index contributed by atoms with van der Waals surface area (Å²) >= 11 is 4.54. The molecule has 0 rings (SSSR count). The molecule has 0 heterocycles. The lowest BCUT2D eigenvalue weighted by molar-refractivity contribution is 0.593. The molecule has 98 valence electrons. The van der Waals surface area contributed by atoms with Gasteiger partial charge in [0, 0.05) is 0 Å². The van der Waals surface area contributed by atoms with Gasteiger partial charge in [-0.2, -0.15) is 0 Å². The molecule has 0 unspecified atom stereocenters. The normalized spacial score (nSPS) is 7.00. The summed E-state index contributed by atoms with van der Waals surface area (Å²) in [6.45, 7) is 14.2. The fraction of sp³-hybridized carbons (Fsp3) is 0.700. The molecule has 16 heavy (non-hydrogen) atoms. The Morgan fingerprint density at radius 3 is 1.06 bits per heavy atom. The first-order valence-electron chi connectivity index (χ1n) is 4.37. The molecule has 0 aromatic heterocycles. The van der Waals surface area contributed by atoms with Crippen LogP contribution in [0.25, 0.3) is 0 Å². The zero-order chi connectivity index (χ0) is 14.3. The molecule has 0 N–H and O–H groups in total. The van der Waals surface area contributed by atoms with Gasteiger partial charge in [-0.3, -0.25) is 11.2 Å². The van der Waals surface area contributed by atoms with Gasteiger partial charge in [-0.25, -0.2) is 5.87 Å². The van der Waals surface area contributed by atoms with Crippen LogP contribution in [0.3, 0.4) is 0 Å². The van der Waals surface area contributed by atoms with Crippen molar-refractivity contribution in [3.05, 3.63) is 12.2 Å². The van der Waals surface area contributed by atoms with Crippen molar-refractivity contribution >= 4 is 41.7 Å². The average Bonchev–Trinajstić information content (AvgIpc) is 1.76. The van der Waals surface area contributed by atoms with E-state index < -0.39 is 15.6 Å². The second-order valence-corrected chi connectivity index (χ2v) is 9.51. The number of allylic oxidation sites excluding steroid dienone is 1. The van der Waals surface area contributed by atoms with Crippen molar-refractivity contribution < 1.29 is 9.13 Å². The first-order valence-corrected chi connectivity index (χ1v) is 11.4. The van der Waals surface area contributed by atoms with E-state index in [1.165, 1.54) is 5.57 Å². The number of hydrogen-bond donors (Lipinski definition) is 0. The Hall–Kier alpha value is 0.380. The van der Waals surface area contributed by atoms with E-state index in [-0.39, 0.29) is 9.04 Å². The summed E-state index contributed by atoms with van der Waals surface area (Å²) in [5.74, 6) is 3.48. The third kappa shape index (κ3) is 17800. The Morgan fingerprint density at radius 2 is 1.06 bits per heavy atom. The summed E-state index contributed by atoms with van der Waals surface area (Å²) in [6, 6.07) is 0. The largest absolute Gasteiger partial charge is 0.418 e. The predicted molar refractivity (Wildman–Crippen MR) is 87.2 cm³/mol. The van der Waals surface area contributed by atoms with Crippen molar-refractivity contribution in [2.75, 3.05) is 32.9 Å². The van der Waals surface area contributed by atoms with Gasteiger partial charge in [0.2, 0.25) is 0 Å². The van der Waals surface area contributed by atoms with Crippen LogP contribution >= 0.6 is 15.6 Å². The molecule has 0 atom stereocenters. The lowest BCUT2D eigenvalue weighted by Gasteiger charge is -1.72. The van der Waals surface area contributed by atoms with Crippen LogP contribution in [0.2, 0.25) is 0 Å². The Labute approximate surface area is 110 Å². The molecule has 0 aliphatic heterocycles.